The minimum absolute atomic E-state index is 0.312. The summed E-state index contributed by atoms with van der Waals surface area (Å²) in [6, 6.07) is 10.1. The van der Waals surface area contributed by atoms with E-state index in [1.165, 1.54) is 0 Å². The number of fused-ring (bicyclic) bond motifs is 1. The molecule has 3 rings (SSSR count). The molecule has 0 bridgehead atoms. The normalized spacial score (nSPS) is 11.8. The average Bonchev–Trinajstić information content (AvgIpc) is 2.92. The zero-order chi connectivity index (χ0) is 17.2. The lowest BCUT2D eigenvalue weighted by Gasteiger charge is -2.18. The van der Waals surface area contributed by atoms with Crippen LogP contribution in [0.15, 0.2) is 47.3 Å². The molecule has 0 saturated carbocycles. The van der Waals surface area contributed by atoms with Gasteiger partial charge in [0.25, 0.3) is 6.33 Å². The molecule has 5 nitrogen and oxygen atoms in total. The minimum Gasteiger partial charge on any atom is -0.452 e. The second-order valence-electron chi connectivity index (χ2n) is 6.56. The Labute approximate surface area is 149 Å². The van der Waals surface area contributed by atoms with Gasteiger partial charge in [-0.05, 0) is 47.2 Å². The zero-order valence-corrected chi connectivity index (χ0v) is 15.6. The Hall–Kier alpha value is -1.92. The number of nitrogens with zero attached hydrogens (tertiary/aromatic N) is 2. The molecule has 6 heteroatoms. The lowest BCUT2D eigenvalue weighted by Crippen LogP contribution is -2.37. The molecule has 24 heavy (non-hydrogen) atoms. The molecule has 1 N–H and O–H groups in total. The number of halogens is 1. The summed E-state index contributed by atoms with van der Waals surface area (Å²) in [5, 5.41) is 0. The van der Waals surface area contributed by atoms with Gasteiger partial charge < -0.3 is 14.5 Å². The van der Waals surface area contributed by atoms with E-state index in [4.69, 9.17) is 9.47 Å². The number of aromatic amines is 1. The third kappa shape index (κ3) is 3.94. The lowest BCUT2D eigenvalue weighted by atomic mass is 10.2. The SMILES string of the molecule is CC(C)(C)Oc1nc[n+](COCc2ccccc2)c2c(Br)c[nH]c12. The van der Waals surface area contributed by atoms with Gasteiger partial charge in [-0.1, -0.05) is 30.3 Å². The molecule has 2 heterocycles. The van der Waals surface area contributed by atoms with Crippen molar-refractivity contribution in [3.05, 3.63) is 52.9 Å². The molecule has 0 atom stereocenters. The third-order valence-corrected chi connectivity index (χ3v) is 3.97. The first-order valence-electron chi connectivity index (χ1n) is 7.80. The molecule has 2 aromatic heterocycles. The highest BCUT2D eigenvalue weighted by atomic mass is 79.9. The van der Waals surface area contributed by atoms with Crippen molar-refractivity contribution >= 4 is 27.0 Å². The zero-order valence-electron chi connectivity index (χ0n) is 14.0. The predicted molar refractivity (Wildman–Crippen MR) is 95.6 cm³/mol. The minimum atomic E-state index is -0.312. The summed E-state index contributed by atoms with van der Waals surface area (Å²) in [5.41, 5.74) is 2.65. The van der Waals surface area contributed by atoms with Crippen LogP contribution in [0.2, 0.25) is 0 Å². The lowest BCUT2D eigenvalue weighted by molar-refractivity contribution is -0.713. The summed E-state index contributed by atoms with van der Waals surface area (Å²) in [6.45, 7) is 6.97. The van der Waals surface area contributed by atoms with Gasteiger partial charge in [-0.15, -0.1) is 0 Å². The monoisotopic (exact) mass is 390 g/mol. The number of hydrogen-bond acceptors (Lipinski definition) is 3. The van der Waals surface area contributed by atoms with Crippen LogP contribution < -0.4 is 9.30 Å². The molecule has 0 aliphatic heterocycles. The molecule has 126 valence electrons. The first-order chi connectivity index (χ1) is 11.4. The summed E-state index contributed by atoms with van der Waals surface area (Å²) in [5.74, 6) is 0.586. The van der Waals surface area contributed by atoms with Crippen LogP contribution in [0.1, 0.15) is 26.3 Å². The van der Waals surface area contributed by atoms with Crippen molar-refractivity contribution in [2.24, 2.45) is 0 Å². The van der Waals surface area contributed by atoms with E-state index in [2.05, 4.69) is 25.9 Å². The van der Waals surface area contributed by atoms with Gasteiger partial charge in [-0.2, -0.15) is 0 Å². The van der Waals surface area contributed by atoms with Crippen LogP contribution in [0.5, 0.6) is 5.88 Å². The summed E-state index contributed by atoms with van der Waals surface area (Å²) >= 11 is 3.58. The molecule has 0 fully saturated rings. The number of H-pyrrole nitrogens is 1. The Morgan fingerprint density at radius 3 is 2.67 bits per heavy atom. The van der Waals surface area contributed by atoms with Crippen LogP contribution in [0, 0.1) is 0 Å². The molecule has 0 amide bonds. The highest BCUT2D eigenvalue weighted by Gasteiger charge is 2.24. The Morgan fingerprint density at radius 2 is 1.96 bits per heavy atom. The van der Waals surface area contributed by atoms with Gasteiger partial charge in [0.15, 0.2) is 17.8 Å². The molecule has 0 radical (unpaired) electrons. The second-order valence-corrected chi connectivity index (χ2v) is 7.41. The van der Waals surface area contributed by atoms with Crippen LogP contribution in [-0.2, 0) is 18.1 Å². The van der Waals surface area contributed by atoms with Crippen LogP contribution in [-0.4, -0.2) is 15.6 Å². The molecule has 0 unspecified atom stereocenters. The van der Waals surface area contributed by atoms with Crippen molar-refractivity contribution in [1.29, 1.82) is 0 Å². The Morgan fingerprint density at radius 1 is 1.21 bits per heavy atom. The first-order valence-corrected chi connectivity index (χ1v) is 8.59. The number of hydrogen-bond donors (Lipinski definition) is 1. The van der Waals surface area contributed by atoms with Crippen LogP contribution in [0.25, 0.3) is 11.0 Å². The third-order valence-electron chi connectivity index (χ3n) is 3.37. The van der Waals surface area contributed by atoms with Crippen LogP contribution in [0.3, 0.4) is 0 Å². The van der Waals surface area contributed by atoms with E-state index in [-0.39, 0.29) is 5.60 Å². The summed E-state index contributed by atoms with van der Waals surface area (Å²) in [7, 11) is 0. The van der Waals surface area contributed by atoms with E-state index in [9.17, 15) is 0 Å². The molecule has 0 aliphatic rings. The Balaban J connectivity index is 1.81. The van der Waals surface area contributed by atoms with Crippen molar-refractivity contribution in [3.8, 4) is 5.88 Å². The van der Waals surface area contributed by atoms with E-state index in [0.717, 1.165) is 21.1 Å². The molecule has 0 aliphatic carbocycles. The summed E-state index contributed by atoms with van der Waals surface area (Å²) in [4.78, 5) is 7.66. The maximum atomic E-state index is 5.94. The van der Waals surface area contributed by atoms with Gasteiger partial charge in [0, 0.05) is 6.20 Å². The maximum Gasteiger partial charge on any atom is 0.356 e. The first kappa shape index (κ1) is 16.9. The molecular weight excluding hydrogens is 370 g/mol. The van der Waals surface area contributed by atoms with E-state index in [0.29, 0.717) is 19.2 Å². The Bertz CT molecular complexity index is 825. The number of rotatable bonds is 5. The fourth-order valence-electron chi connectivity index (χ4n) is 2.38. The fourth-order valence-corrected chi connectivity index (χ4v) is 2.92. The number of ether oxygens (including phenoxy) is 2. The Kier molecular flexibility index (Phi) is 4.87. The standard InChI is InChI=1S/C18H20BrN3O2/c1-18(2,3)24-17-15-16(14(19)9-20-15)22(11-21-17)12-23-10-13-7-5-4-6-8-13/h4-9,11H,10,12H2,1-3H3/p+1. The summed E-state index contributed by atoms with van der Waals surface area (Å²) < 4.78 is 14.7. The smallest absolute Gasteiger partial charge is 0.356 e. The molecular formula is C18H21BrN3O2+. The van der Waals surface area contributed by atoms with Crippen LogP contribution >= 0.6 is 15.9 Å². The van der Waals surface area contributed by atoms with Crippen molar-refractivity contribution in [2.75, 3.05) is 0 Å². The van der Waals surface area contributed by atoms with E-state index < -0.39 is 0 Å². The largest absolute Gasteiger partial charge is 0.452 e. The average molecular weight is 391 g/mol. The number of nitrogens with one attached hydrogen (secondary N) is 1. The van der Waals surface area contributed by atoms with Gasteiger partial charge >= 0.3 is 5.88 Å². The van der Waals surface area contributed by atoms with Gasteiger partial charge in [0.1, 0.15) is 5.60 Å². The molecule has 0 spiro atoms. The second kappa shape index (κ2) is 6.91. The number of aromatic nitrogens is 3. The van der Waals surface area contributed by atoms with Gasteiger partial charge in [-0.25, -0.2) is 4.57 Å². The highest BCUT2D eigenvalue weighted by molar-refractivity contribution is 9.10. The quantitative estimate of drug-likeness (QED) is 0.670. The van der Waals surface area contributed by atoms with Crippen LogP contribution in [0.4, 0.5) is 0 Å². The van der Waals surface area contributed by atoms with Crippen molar-refractivity contribution in [3.63, 3.8) is 0 Å². The summed E-state index contributed by atoms with van der Waals surface area (Å²) in [6.07, 6.45) is 3.63. The van der Waals surface area contributed by atoms with Gasteiger partial charge in [0.2, 0.25) is 0 Å². The predicted octanol–water partition coefficient (Wildman–Crippen LogP) is 3.96. The molecule has 3 aromatic rings. The van der Waals surface area contributed by atoms with E-state index in [1.807, 2.05) is 61.9 Å². The van der Waals surface area contributed by atoms with Crippen molar-refractivity contribution in [1.82, 2.24) is 9.97 Å². The van der Waals surface area contributed by atoms with Crippen molar-refractivity contribution in [2.45, 2.75) is 39.7 Å². The fraction of sp³-hybridized carbons (Fsp3) is 0.333. The van der Waals surface area contributed by atoms with Gasteiger partial charge in [-0.3, -0.25) is 0 Å². The molecule has 1 aromatic carbocycles. The van der Waals surface area contributed by atoms with E-state index in [1.54, 1.807) is 6.33 Å². The van der Waals surface area contributed by atoms with Crippen molar-refractivity contribution < 1.29 is 14.0 Å². The van der Waals surface area contributed by atoms with Gasteiger partial charge in [0.05, 0.1) is 11.1 Å². The topological polar surface area (TPSA) is 51.0 Å². The maximum absolute atomic E-state index is 5.94. The highest BCUT2D eigenvalue weighted by Crippen LogP contribution is 2.27. The number of benzene rings is 1. The van der Waals surface area contributed by atoms with E-state index >= 15 is 0 Å². The molecule has 0 saturated heterocycles.